The Kier molecular flexibility index (Phi) is 9.66. The molecule has 206 valence electrons. The van der Waals surface area contributed by atoms with Crippen molar-refractivity contribution in [3.05, 3.63) is 33.9 Å². The third-order valence-corrected chi connectivity index (χ3v) is 9.97. The Morgan fingerprint density at radius 1 is 1.22 bits per heavy atom. The van der Waals surface area contributed by atoms with Gasteiger partial charge >= 0.3 is 0 Å². The maximum atomic E-state index is 15.3. The van der Waals surface area contributed by atoms with E-state index in [2.05, 4.69) is 29.9 Å². The highest BCUT2D eigenvalue weighted by molar-refractivity contribution is 7.99. The Morgan fingerprint density at radius 2 is 1.95 bits per heavy atom. The van der Waals surface area contributed by atoms with Crippen molar-refractivity contribution in [2.24, 2.45) is 0 Å². The molecule has 37 heavy (non-hydrogen) atoms. The van der Waals surface area contributed by atoms with E-state index in [0.717, 1.165) is 44.9 Å². The van der Waals surface area contributed by atoms with Crippen molar-refractivity contribution in [3.8, 4) is 0 Å². The first-order valence-corrected chi connectivity index (χ1v) is 18.0. The molecule has 0 amide bonds. The minimum Gasteiger partial charge on any atom is -0.381 e. The van der Waals surface area contributed by atoms with Crippen LogP contribution in [0.4, 0.5) is 14.5 Å². The van der Waals surface area contributed by atoms with Crippen LogP contribution in [0.2, 0.25) is 25.7 Å². The molecule has 1 aromatic heterocycles. The molecule has 2 heterocycles. The second-order valence-electron chi connectivity index (χ2n) is 11.1. The number of fused-ring (bicyclic) bond motifs is 1. The molecule has 1 aromatic carbocycles. The van der Waals surface area contributed by atoms with Crippen LogP contribution in [-0.4, -0.2) is 61.4 Å². The Bertz CT molecular complexity index is 1130. The van der Waals surface area contributed by atoms with Crippen LogP contribution in [-0.2, 0) is 26.7 Å². The van der Waals surface area contributed by atoms with Crippen LogP contribution in [0, 0.1) is 11.6 Å². The normalized spacial score (nSPS) is 20.8. The SMILES string of the molecule is CCO[C@H]1C[C@@H](Nc2cc3nc(CSC4CCOCC4)n(COCC[Si](C)(C)C)c(=O)c3c(F)c2F)C1. The van der Waals surface area contributed by atoms with Crippen LogP contribution >= 0.6 is 11.8 Å². The number of anilines is 1. The van der Waals surface area contributed by atoms with E-state index in [4.69, 9.17) is 14.2 Å². The summed E-state index contributed by atoms with van der Waals surface area (Å²) in [7, 11) is -1.32. The van der Waals surface area contributed by atoms with E-state index >= 15 is 8.78 Å². The van der Waals surface area contributed by atoms with Crippen LogP contribution < -0.4 is 10.9 Å². The van der Waals surface area contributed by atoms with Crippen molar-refractivity contribution in [2.75, 3.05) is 31.7 Å². The number of nitrogens with zero attached hydrogens (tertiary/aromatic N) is 2. The number of halogens is 2. The zero-order valence-electron chi connectivity index (χ0n) is 22.3. The maximum Gasteiger partial charge on any atom is 0.266 e. The van der Waals surface area contributed by atoms with Crippen LogP contribution in [0.5, 0.6) is 0 Å². The molecule has 0 spiro atoms. The smallest absolute Gasteiger partial charge is 0.266 e. The van der Waals surface area contributed by atoms with E-state index in [0.29, 0.717) is 30.0 Å². The second-order valence-corrected chi connectivity index (χ2v) is 18.0. The van der Waals surface area contributed by atoms with Crippen molar-refractivity contribution >= 4 is 36.4 Å². The van der Waals surface area contributed by atoms with E-state index in [1.807, 2.05) is 6.92 Å². The third kappa shape index (κ3) is 7.32. The molecular weight excluding hydrogens is 516 g/mol. The first-order valence-electron chi connectivity index (χ1n) is 13.2. The lowest BCUT2D eigenvalue weighted by atomic mass is 9.89. The van der Waals surface area contributed by atoms with Gasteiger partial charge in [-0.1, -0.05) is 19.6 Å². The topological polar surface area (TPSA) is 74.6 Å². The largest absolute Gasteiger partial charge is 0.381 e. The number of rotatable bonds is 12. The van der Waals surface area contributed by atoms with Crippen molar-refractivity contribution in [3.63, 3.8) is 0 Å². The summed E-state index contributed by atoms with van der Waals surface area (Å²) in [6.45, 7) is 11.2. The lowest BCUT2D eigenvalue weighted by Gasteiger charge is -2.36. The fourth-order valence-corrected chi connectivity index (χ4v) is 6.44. The fourth-order valence-electron chi connectivity index (χ4n) is 4.55. The predicted octanol–water partition coefficient (Wildman–Crippen LogP) is 5.38. The maximum absolute atomic E-state index is 15.3. The minimum absolute atomic E-state index is 0.00779. The van der Waals surface area contributed by atoms with Crippen LogP contribution in [0.3, 0.4) is 0 Å². The van der Waals surface area contributed by atoms with E-state index in [-0.39, 0.29) is 35.5 Å². The summed E-state index contributed by atoms with van der Waals surface area (Å²) >= 11 is 1.72. The van der Waals surface area contributed by atoms with Crippen molar-refractivity contribution in [1.29, 1.82) is 0 Å². The molecule has 1 saturated carbocycles. The zero-order valence-corrected chi connectivity index (χ0v) is 24.1. The van der Waals surface area contributed by atoms with Gasteiger partial charge in [-0.25, -0.2) is 13.8 Å². The summed E-state index contributed by atoms with van der Waals surface area (Å²) in [5, 5.41) is 3.15. The third-order valence-electron chi connectivity index (χ3n) is 6.90. The molecule has 1 aliphatic heterocycles. The number of nitrogens with one attached hydrogen (secondary N) is 1. The first kappa shape index (κ1) is 28.5. The number of ether oxygens (including phenoxy) is 3. The summed E-state index contributed by atoms with van der Waals surface area (Å²) in [5.74, 6) is -1.23. The number of hydrogen-bond donors (Lipinski definition) is 1. The molecule has 1 N–H and O–H groups in total. The highest BCUT2D eigenvalue weighted by Crippen LogP contribution is 2.31. The van der Waals surface area contributed by atoms with Gasteiger partial charge in [0.25, 0.3) is 5.56 Å². The van der Waals surface area contributed by atoms with E-state index in [1.165, 1.54) is 10.6 Å². The quantitative estimate of drug-likeness (QED) is 0.278. The molecule has 2 fully saturated rings. The number of benzene rings is 1. The van der Waals surface area contributed by atoms with Gasteiger partial charge in [0, 0.05) is 45.8 Å². The summed E-state index contributed by atoms with van der Waals surface area (Å²) in [4.78, 5) is 18.1. The van der Waals surface area contributed by atoms with E-state index in [1.54, 1.807) is 11.8 Å². The summed E-state index contributed by atoms with van der Waals surface area (Å²) in [6.07, 6.45) is 3.46. The highest BCUT2D eigenvalue weighted by atomic mass is 32.2. The molecule has 0 unspecified atom stereocenters. The van der Waals surface area contributed by atoms with Gasteiger partial charge < -0.3 is 19.5 Å². The fraction of sp³-hybridized carbons (Fsp3) is 0.692. The zero-order chi connectivity index (χ0) is 26.6. The number of hydrogen-bond acceptors (Lipinski definition) is 7. The van der Waals surface area contributed by atoms with Gasteiger partial charge in [0.05, 0.1) is 23.1 Å². The molecule has 1 aliphatic carbocycles. The Morgan fingerprint density at radius 3 is 2.62 bits per heavy atom. The van der Waals surface area contributed by atoms with Crippen molar-refractivity contribution in [2.45, 2.75) is 88.2 Å². The van der Waals surface area contributed by atoms with Gasteiger partial charge in [-0.15, -0.1) is 0 Å². The van der Waals surface area contributed by atoms with E-state index in [9.17, 15) is 4.79 Å². The molecule has 2 aliphatic rings. The Hall–Kier alpha value is -1.53. The first-order chi connectivity index (χ1) is 17.7. The van der Waals surface area contributed by atoms with Crippen molar-refractivity contribution < 1.29 is 23.0 Å². The van der Waals surface area contributed by atoms with E-state index < -0.39 is 25.3 Å². The molecule has 11 heteroatoms. The standard InChI is InChI=1S/C26H39F2N3O4SSi/c1-5-35-18-12-17(13-18)29-21-14-20-23(25(28)24(21)27)26(32)31(16-34-10-11-37(2,3)4)22(30-20)15-36-19-6-8-33-9-7-19/h14,17-19,29H,5-13,15-16H2,1-4H3/t17-,18+. The molecule has 7 nitrogen and oxygen atoms in total. The van der Waals surface area contributed by atoms with Crippen molar-refractivity contribution in [1.82, 2.24) is 9.55 Å². The van der Waals surface area contributed by atoms with Gasteiger partial charge in [0.15, 0.2) is 11.6 Å². The predicted molar refractivity (Wildman–Crippen MR) is 147 cm³/mol. The van der Waals surface area contributed by atoms with Crippen LogP contribution in [0.1, 0.15) is 38.4 Å². The molecule has 1 saturated heterocycles. The minimum atomic E-state index is -1.32. The monoisotopic (exact) mass is 555 g/mol. The molecule has 2 aromatic rings. The molecule has 0 atom stereocenters. The number of thioether (sulfide) groups is 1. The highest BCUT2D eigenvalue weighted by Gasteiger charge is 2.31. The molecule has 4 rings (SSSR count). The second kappa shape index (κ2) is 12.5. The van der Waals surface area contributed by atoms with Gasteiger partial charge in [-0.05, 0) is 44.7 Å². The Balaban J connectivity index is 1.60. The molecule has 0 radical (unpaired) electrons. The van der Waals surface area contributed by atoms with Gasteiger partial charge in [0.1, 0.15) is 17.9 Å². The van der Waals surface area contributed by atoms with Gasteiger partial charge in [-0.3, -0.25) is 9.36 Å². The van der Waals surface area contributed by atoms with Gasteiger partial charge in [0.2, 0.25) is 0 Å². The molecule has 0 bridgehead atoms. The molecular formula is C26H39F2N3O4SSi. The summed E-state index contributed by atoms with van der Waals surface area (Å²) < 4.78 is 48.6. The van der Waals surface area contributed by atoms with Crippen LogP contribution in [0.25, 0.3) is 10.9 Å². The average Bonchev–Trinajstić information content (AvgIpc) is 2.83. The Labute approximate surface area is 222 Å². The summed E-state index contributed by atoms with van der Waals surface area (Å²) in [6, 6.07) is 2.40. The van der Waals surface area contributed by atoms with Crippen LogP contribution in [0.15, 0.2) is 10.9 Å². The number of aromatic nitrogens is 2. The average molecular weight is 556 g/mol. The lowest BCUT2D eigenvalue weighted by molar-refractivity contribution is 0.00292. The summed E-state index contributed by atoms with van der Waals surface area (Å²) in [5.41, 5.74) is -0.416. The lowest BCUT2D eigenvalue weighted by Crippen LogP contribution is -2.41. The van der Waals surface area contributed by atoms with Gasteiger partial charge in [-0.2, -0.15) is 11.8 Å².